The van der Waals surface area contributed by atoms with Crippen LogP contribution in [0, 0.1) is 0 Å². The second kappa shape index (κ2) is 16.8. The van der Waals surface area contributed by atoms with Gasteiger partial charge in [-0.15, -0.1) is 0 Å². The van der Waals surface area contributed by atoms with Crippen LogP contribution < -0.4 is 15.4 Å². The van der Waals surface area contributed by atoms with Gasteiger partial charge in [-0.2, -0.15) is 0 Å². The van der Waals surface area contributed by atoms with Crippen LogP contribution in [0.2, 0.25) is 0 Å². The number of fused-ring (bicyclic) bond motifs is 2. The van der Waals surface area contributed by atoms with Crippen molar-refractivity contribution in [3.8, 4) is 5.75 Å². The summed E-state index contributed by atoms with van der Waals surface area (Å²) < 4.78 is 18.9. The number of carbonyl (C=O) groups excluding carboxylic acids is 3. The van der Waals surface area contributed by atoms with Crippen LogP contribution in [-0.2, 0) is 38.7 Å². The van der Waals surface area contributed by atoms with E-state index in [0.29, 0.717) is 34.4 Å². The Kier molecular flexibility index (Phi) is 12.2. The predicted octanol–water partition coefficient (Wildman–Crippen LogP) is 4.63. The van der Waals surface area contributed by atoms with E-state index in [1.165, 1.54) is 7.11 Å². The van der Waals surface area contributed by atoms with E-state index in [9.17, 15) is 29.7 Å². The fourth-order valence-electron chi connectivity index (χ4n) is 6.71. The van der Waals surface area contributed by atoms with Crippen molar-refractivity contribution in [2.24, 2.45) is 0 Å². The van der Waals surface area contributed by atoms with Gasteiger partial charge >= 0.3 is 0 Å². The molecule has 4 aromatic rings. The van der Waals surface area contributed by atoms with Gasteiger partial charge in [0.1, 0.15) is 18.0 Å². The van der Waals surface area contributed by atoms with Gasteiger partial charge < -0.3 is 40.2 Å². The molecule has 272 valence electrons. The maximum Gasteiger partial charge on any atom is 0.252 e. The second-order valence-electron chi connectivity index (χ2n) is 12.8. The highest BCUT2D eigenvalue weighted by atomic mass is 79.9. The van der Waals surface area contributed by atoms with Gasteiger partial charge in [0.25, 0.3) is 11.8 Å². The largest absolute Gasteiger partial charge is 0.496 e. The second-order valence-corrected chi connectivity index (χ2v) is 14.6. The number of methoxy groups -OCH3 is 1. The highest BCUT2D eigenvalue weighted by Gasteiger charge is 2.44. The molecular formula is C39H38Br2N2O9. The van der Waals surface area contributed by atoms with Crippen molar-refractivity contribution in [2.75, 3.05) is 7.11 Å². The predicted molar refractivity (Wildman–Crippen MR) is 197 cm³/mol. The third kappa shape index (κ3) is 8.47. The zero-order valence-corrected chi connectivity index (χ0v) is 31.2. The molecule has 7 atom stereocenters. The molecule has 13 heteroatoms. The van der Waals surface area contributed by atoms with Crippen molar-refractivity contribution < 1.29 is 43.9 Å². The lowest BCUT2D eigenvalue weighted by Gasteiger charge is -2.32. The van der Waals surface area contributed by atoms with Gasteiger partial charge in [0.05, 0.1) is 44.1 Å². The van der Waals surface area contributed by atoms with Gasteiger partial charge in [-0.05, 0) is 58.1 Å². The number of benzene rings is 4. The third-order valence-electron chi connectivity index (χ3n) is 9.26. The number of ether oxygens (including phenoxy) is 3. The van der Waals surface area contributed by atoms with E-state index >= 15 is 0 Å². The average molecular weight is 839 g/mol. The van der Waals surface area contributed by atoms with Crippen LogP contribution in [0.15, 0.2) is 99.9 Å². The van der Waals surface area contributed by atoms with Crippen LogP contribution in [0.3, 0.4) is 0 Å². The average Bonchev–Trinajstić information content (AvgIpc) is 3.62. The fraction of sp³-hybridized carbons (Fsp3) is 0.308. The lowest BCUT2D eigenvalue weighted by atomic mass is 9.99. The minimum absolute atomic E-state index is 0.0512. The number of aliphatic hydroxyl groups is 3. The molecule has 0 heterocycles. The molecule has 0 radical (unpaired) electrons. The molecule has 4 aromatic carbocycles. The van der Waals surface area contributed by atoms with Crippen molar-refractivity contribution >= 4 is 49.5 Å². The number of Topliss-reactive ketones (excluding diaryl/α,β-unsaturated/α-hetero) is 1. The molecule has 0 unspecified atom stereocenters. The highest BCUT2D eigenvalue weighted by Crippen LogP contribution is 2.37. The van der Waals surface area contributed by atoms with E-state index in [1.807, 2.05) is 24.3 Å². The van der Waals surface area contributed by atoms with Gasteiger partial charge in [-0.25, -0.2) is 0 Å². The van der Waals surface area contributed by atoms with Crippen molar-refractivity contribution in [3.63, 3.8) is 0 Å². The van der Waals surface area contributed by atoms with Gasteiger partial charge in [-0.3, -0.25) is 14.4 Å². The normalized spacial score (nSPS) is 20.0. The van der Waals surface area contributed by atoms with E-state index in [-0.39, 0.29) is 25.4 Å². The first-order valence-corrected chi connectivity index (χ1v) is 18.3. The minimum Gasteiger partial charge on any atom is -0.496 e. The van der Waals surface area contributed by atoms with Crippen LogP contribution >= 0.6 is 31.9 Å². The molecule has 6 rings (SSSR count). The summed E-state index contributed by atoms with van der Waals surface area (Å²) >= 11 is 6.84. The molecule has 0 fully saturated rings. The summed E-state index contributed by atoms with van der Waals surface area (Å²) in [6.45, 7) is -0.278. The Balaban J connectivity index is 1.27. The van der Waals surface area contributed by atoms with E-state index < -0.39 is 54.4 Å². The first-order valence-electron chi connectivity index (χ1n) is 16.7. The number of ketones is 1. The standard InChI is InChI=1S/C39H38Br2N2O9/c1-50-31-14-6-13-27-28(18-29(44)32(27)31)42-38(48)36(51-19-21-7-4-10-24(40)15-21)34(46)35(47)37(52-20-22-8-5-11-25(41)16-22)39(49)43-33-26-12-3-2-9-23(26)17-30(33)45/h2-16,28,30,33-37,45-47H,17-20H2,1H3,(H,42,48)(H,43,49)/t28-,30-,33+,34-,35-,36-,37-/m1/s1. The Morgan fingerprint density at radius 3 is 1.92 bits per heavy atom. The van der Waals surface area contributed by atoms with Gasteiger partial charge in [0.2, 0.25) is 0 Å². The summed E-state index contributed by atoms with van der Waals surface area (Å²) in [5.74, 6) is -1.47. The molecule has 0 bridgehead atoms. The van der Waals surface area contributed by atoms with E-state index in [4.69, 9.17) is 14.2 Å². The van der Waals surface area contributed by atoms with Crippen LogP contribution in [0.1, 0.15) is 56.7 Å². The molecule has 0 saturated carbocycles. The first kappa shape index (κ1) is 37.8. The Hall–Kier alpha value is -3.95. The van der Waals surface area contributed by atoms with Crippen molar-refractivity contribution in [2.45, 2.75) is 68.7 Å². The Labute approximate surface area is 317 Å². The number of rotatable bonds is 14. The Morgan fingerprint density at radius 2 is 1.33 bits per heavy atom. The number of hydrogen-bond acceptors (Lipinski definition) is 9. The molecule has 2 aliphatic carbocycles. The lowest BCUT2D eigenvalue weighted by molar-refractivity contribution is -0.171. The van der Waals surface area contributed by atoms with Crippen molar-refractivity contribution in [3.05, 3.63) is 133 Å². The quantitative estimate of drug-likeness (QED) is 0.122. The topological polar surface area (TPSA) is 164 Å². The highest BCUT2D eigenvalue weighted by molar-refractivity contribution is 9.10. The Morgan fingerprint density at radius 1 is 0.769 bits per heavy atom. The van der Waals surface area contributed by atoms with E-state index in [0.717, 1.165) is 20.1 Å². The summed E-state index contributed by atoms with van der Waals surface area (Å²) in [7, 11) is 1.45. The number of nitrogens with one attached hydrogen (secondary N) is 2. The molecule has 0 spiro atoms. The third-order valence-corrected chi connectivity index (χ3v) is 10.3. The summed E-state index contributed by atoms with van der Waals surface area (Å²) in [4.78, 5) is 41.0. The van der Waals surface area contributed by atoms with Gasteiger partial charge in [0.15, 0.2) is 18.0 Å². The Bertz CT molecular complexity index is 1940. The zero-order chi connectivity index (χ0) is 36.9. The molecular weight excluding hydrogens is 800 g/mol. The van der Waals surface area contributed by atoms with Crippen LogP contribution in [0.25, 0.3) is 0 Å². The van der Waals surface area contributed by atoms with Crippen LogP contribution in [0.5, 0.6) is 5.75 Å². The SMILES string of the molecule is COc1cccc2c1C(=O)C[C@H]2NC(=O)[C@H](OCc1cccc(Br)c1)[C@H](O)[C@@H](O)[C@@H](OCc1cccc(Br)c1)C(=O)N[C@H]1c2ccccc2C[C@H]1O. The number of amides is 2. The first-order chi connectivity index (χ1) is 25.0. The maximum atomic E-state index is 14.0. The fourth-order valence-corrected chi connectivity index (χ4v) is 7.61. The van der Waals surface area contributed by atoms with Gasteiger partial charge in [0, 0.05) is 21.8 Å². The van der Waals surface area contributed by atoms with Crippen LogP contribution in [0.4, 0.5) is 0 Å². The molecule has 0 saturated heterocycles. The number of aliphatic hydroxyl groups excluding tert-OH is 3. The lowest BCUT2D eigenvalue weighted by Crippen LogP contribution is -2.56. The van der Waals surface area contributed by atoms with Crippen molar-refractivity contribution in [1.29, 1.82) is 0 Å². The van der Waals surface area contributed by atoms with E-state index in [2.05, 4.69) is 42.5 Å². The smallest absolute Gasteiger partial charge is 0.252 e. The zero-order valence-electron chi connectivity index (χ0n) is 28.1. The molecule has 2 aliphatic rings. The number of hydrogen-bond donors (Lipinski definition) is 5. The summed E-state index contributed by atoms with van der Waals surface area (Å²) in [6, 6.07) is 25.1. The van der Waals surface area contributed by atoms with Crippen LogP contribution in [-0.4, -0.2) is 70.5 Å². The monoisotopic (exact) mass is 836 g/mol. The summed E-state index contributed by atoms with van der Waals surface area (Å²) in [5, 5.41) is 40.0. The minimum atomic E-state index is -1.99. The van der Waals surface area contributed by atoms with Gasteiger partial charge in [-0.1, -0.05) is 92.5 Å². The molecule has 2 amide bonds. The molecule has 52 heavy (non-hydrogen) atoms. The number of carbonyl (C=O) groups is 3. The summed E-state index contributed by atoms with van der Waals surface area (Å²) in [5.41, 5.74) is 3.82. The molecule has 0 aromatic heterocycles. The van der Waals surface area contributed by atoms with E-state index in [1.54, 1.807) is 66.7 Å². The van der Waals surface area contributed by atoms with Crippen molar-refractivity contribution in [1.82, 2.24) is 10.6 Å². The molecule has 11 nitrogen and oxygen atoms in total. The summed E-state index contributed by atoms with van der Waals surface area (Å²) in [6.07, 6.45) is -8.08. The molecule has 0 aliphatic heterocycles. The number of halogens is 2. The molecule has 5 N–H and O–H groups in total. The maximum absolute atomic E-state index is 14.0.